The van der Waals surface area contributed by atoms with Crippen LogP contribution in [-0.4, -0.2) is 77.4 Å². The van der Waals surface area contributed by atoms with E-state index >= 15 is 0 Å². The zero-order valence-corrected chi connectivity index (χ0v) is 30.4. The highest BCUT2D eigenvalue weighted by atomic mass is 32.2. The van der Waals surface area contributed by atoms with Crippen LogP contribution in [-0.2, 0) is 32.2 Å². The third-order valence-corrected chi connectivity index (χ3v) is 10.00. The maximum Gasteiger partial charge on any atom is 0.435 e. The van der Waals surface area contributed by atoms with Crippen molar-refractivity contribution in [3.8, 4) is 16.9 Å². The molecule has 15 nitrogen and oxygen atoms in total. The van der Waals surface area contributed by atoms with E-state index in [1.807, 2.05) is 6.92 Å². The lowest BCUT2D eigenvalue weighted by atomic mass is 10.1. The van der Waals surface area contributed by atoms with E-state index in [1.165, 1.54) is 31.3 Å². The molecule has 0 aliphatic carbocycles. The average Bonchev–Trinajstić information content (AvgIpc) is 3.73. The van der Waals surface area contributed by atoms with Gasteiger partial charge in [-0.05, 0) is 55.0 Å². The normalized spacial score (nSPS) is 13.7. The maximum absolute atomic E-state index is 13.6. The number of hydrazine groups is 1. The Balaban J connectivity index is 1.12. The van der Waals surface area contributed by atoms with Gasteiger partial charge in [0, 0.05) is 12.0 Å². The number of ether oxygens (including phenoxy) is 1. The number of nitrogens with zero attached hydrogens (tertiary/aromatic N) is 6. The first-order valence-corrected chi connectivity index (χ1v) is 18.2. The van der Waals surface area contributed by atoms with Gasteiger partial charge in [0.2, 0.25) is 12.0 Å². The predicted molar refractivity (Wildman–Crippen MR) is 191 cm³/mol. The summed E-state index contributed by atoms with van der Waals surface area (Å²) in [6.45, 7) is 0.637. The van der Waals surface area contributed by atoms with Crippen LogP contribution in [0.4, 0.5) is 18.0 Å². The molecule has 0 bridgehead atoms. The van der Waals surface area contributed by atoms with Crippen LogP contribution in [0.3, 0.4) is 0 Å². The number of aryl methyl sites for hydroxylation is 1. The molecule has 0 radical (unpaired) electrons. The number of fused-ring (bicyclic) bond motifs is 1. The number of carbonyl (C=O) groups excluding carboxylic acids is 3. The van der Waals surface area contributed by atoms with E-state index in [1.54, 1.807) is 71.5 Å². The summed E-state index contributed by atoms with van der Waals surface area (Å²) >= 11 is 0. The van der Waals surface area contributed by atoms with Gasteiger partial charge in [-0.15, -0.1) is 5.01 Å². The van der Waals surface area contributed by atoms with Crippen LogP contribution in [0.15, 0.2) is 119 Å². The number of hydrogen-bond acceptors (Lipinski definition) is 10. The number of carbonyl (C=O) groups is 3. The van der Waals surface area contributed by atoms with Crippen LogP contribution < -0.4 is 4.72 Å². The van der Waals surface area contributed by atoms with Crippen molar-refractivity contribution >= 4 is 27.9 Å². The molecule has 0 fully saturated rings. The topological polar surface area (TPSA) is 179 Å². The Labute approximate surface area is 317 Å². The SMILES string of the molecule is Cc1ccc(-c2cc(C(F)(F)F)nn2-c2ccc(S(=O)(=O)NC(=O)OC[C@H](Cc3ccccc3)N(C)/[N+]([O-])=N/OCN3C(=O)c4ccccc4C3=O)cc2)cc1. The highest BCUT2D eigenvalue weighted by molar-refractivity contribution is 7.90. The molecule has 56 heavy (non-hydrogen) atoms. The maximum atomic E-state index is 13.6. The summed E-state index contributed by atoms with van der Waals surface area (Å²) in [7, 11) is -3.25. The van der Waals surface area contributed by atoms with Crippen LogP contribution in [0.2, 0.25) is 0 Å². The number of nitrogens with one attached hydrogen (secondary N) is 1. The molecule has 290 valence electrons. The molecule has 1 aliphatic rings. The number of amides is 3. The Morgan fingerprint density at radius 2 is 1.55 bits per heavy atom. The van der Waals surface area contributed by atoms with Gasteiger partial charge in [-0.25, -0.2) is 27.5 Å². The van der Waals surface area contributed by atoms with E-state index in [0.29, 0.717) is 11.1 Å². The van der Waals surface area contributed by atoms with Gasteiger partial charge in [0.15, 0.2) is 5.69 Å². The summed E-state index contributed by atoms with van der Waals surface area (Å²) < 4.78 is 75.2. The van der Waals surface area contributed by atoms with Crippen molar-refractivity contribution < 1.29 is 50.5 Å². The Morgan fingerprint density at radius 3 is 2.16 bits per heavy atom. The number of likely N-dealkylation sites (N-methyl/N-ethyl adjacent to an activating group) is 1. The molecule has 1 aromatic heterocycles. The standard InChI is InChI=1S/C37H32F3N7O8S/c1-24-12-14-26(15-13-24)32-21-33(37(38,39)40)41-46(32)27-16-18-29(19-17-27)56(52,53)42-36(50)54-22-28(20-25-8-4-3-5-9-25)44(2)47(51)43-55-23-45-34(48)30-10-6-7-11-31(30)35(45)49/h3-19,21,28H,20,22-23H2,1-2H3,(H,42,50)/b47-43-/t28-/m0/s1. The lowest BCUT2D eigenvalue weighted by molar-refractivity contribution is -0.713. The second kappa shape index (κ2) is 15.9. The second-order valence-corrected chi connectivity index (χ2v) is 14.2. The molecule has 19 heteroatoms. The number of alkyl halides is 3. The van der Waals surface area contributed by atoms with E-state index in [-0.39, 0.29) is 33.9 Å². The largest absolute Gasteiger partial charge is 0.569 e. The van der Waals surface area contributed by atoms with Crippen LogP contribution in [0.5, 0.6) is 0 Å². The van der Waals surface area contributed by atoms with Crippen molar-refractivity contribution in [2.45, 2.75) is 30.5 Å². The summed E-state index contributed by atoms with van der Waals surface area (Å²) in [6, 6.07) is 26.2. The summed E-state index contributed by atoms with van der Waals surface area (Å²) in [6.07, 6.45) is -6.02. The van der Waals surface area contributed by atoms with Crippen molar-refractivity contribution in [2.24, 2.45) is 5.28 Å². The van der Waals surface area contributed by atoms with Crippen LogP contribution in [0.25, 0.3) is 16.9 Å². The fourth-order valence-electron chi connectivity index (χ4n) is 5.65. The zero-order chi connectivity index (χ0) is 40.2. The summed E-state index contributed by atoms with van der Waals surface area (Å²) in [5, 5.41) is 21.1. The van der Waals surface area contributed by atoms with Crippen molar-refractivity contribution in [3.63, 3.8) is 0 Å². The average molecular weight is 792 g/mol. The number of sulfonamides is 1. The molecule has 3 amide bonds. The zero-order valence-electron chi connectivity index (χ0n) is 29.6. The summed E-state index contributed by atoms with van der Waals surface area (Å²) in [5.74, 6) is -1.24. The fourth-order valence-corrected chi connectivity index (χ4v) is 6.55. The third kappa shape index (κ3) is 8.62. The molecule has 0 unspecified atom stereocenters. The predicted octanol–water partition coefficient (Wildman–Crippen LogP) is 5.89. The molecule has 6 rings (SSSR count). The molecule has 0 spiro atoms. The molecule has 1 N–H and O–H groups in total. The molecule has 0 saturated heterocycles. The van der Waals surface area contributed by atoms with Crippen LogP contribution in [0, 0.1) is 12.1 Å². The molecular formula is C37H32F3N7O8S. The van der Waals surface area contributed by atoms with Gasteiger partial charge in [-0.3, -0.25) is 9.59 Å². The van der Waals surface area contributed by atoms with E-state index in [4.69, 9.17) is 9.57 Å². The van der Waals surface area contributed by atoms with Crippen molar-refractivity contribution in [1.82, 2.24) is 24.4 Å². The highest BCUT2D eigenvalue weighted by Gasteiger charge is 2.37. The molecule has 0 saturated carbocycles. The Bertz CT molecular complexity index is 2350. The smallest absolute Gasteiger partial charge is 0.435 e. The Morgan fingerprint density at radius 1 is 0.946 bits per heavy atom. The van der Waals surface area contributed by atoms with Crippen LogP contribution in [0.1, 0.15) is 37.5 Å². The van der Waals surface area contributed by atoms with Gasteiger partial charge in [0.05, 0.1) is 39.4 Å². The first kappa shape index (κ1) is 38.9. The first-order chi connectivity index (χ1) is 26.6. The number of benzene rings is 4. The highest BCUT2D eigenvalue weighted by Crippen LogP contribution is 2.33. The number of hydrogen-bond donors (Lipinski definition) is 1. The van der Waals surface area contributed by atoms with Gasteiger partial charge in [-0.2, -0.15) is 18.3 Å². The van der Waals surface area contributed by atoms with Gasteiger partial charge < -0.3 is 14.8 Å². The van der Waals surface area contributed by atoms with Crippen LogP contribution >= 0.6 is 0 Å². The van der Waals surface area contributed by atoms with E-state index in [9.17, 15) is 41.2 Å². The number of halogens is 3. The number of imide groups is 1. The summed E-state index contributed by atoms with van der Waals surface area (Å²) in [5.41, 5.74) is 1.49. The summed E-state index contributed by atoms with van der Waals surface area (Å²) in [4.78, 5) is 43.4. The number of aromatic nitrogens is 2. The van der Waals surface area contributed by atoms with Crippen molar-refractivity contribution in [2.75, 3.05) is 20.4 Å². The lowest BCUT2D eigenvalue weighted by Crippen LogP contribution is -2.43. The molecule has 1 aliphatic heterocycles. The van der Waals surface area contributed by atoms with Gasteiger partial charge in [0.25, 0.3) is 21.8 Å². The minimum Gasteiger partial charge on any atom is -0.569 e. The molecule has 2 heterocycles. The minimum atomic E-state index is -4.74. The van der Waals surface area contributed by atoms with Gasteiger partial charge in [-0.1, -0.05) is 72.3 Å². The fraction of sp³-hybridized carbons (Fsp3) is 0.189. The van der Waals surface area contributed by atoms with Gasteiger partial charge in [0.1, 0.15) is 12.6 Å². The molecule has 4 aromatic carbocycles. The van der Waals surface area contributed by atoms with E-state index in [2.05, 4.69) is 10.4 Å². The van der Waals surface area contributed by atoms with Crippen molar-refractivity contribution in [3.05, 3.63) is 142 Å². The minimum absolute atomic E-state index is 0.0207. The molecular weight excluding hydrogens is 760 g/mol. The van der Waals surface area contributed by atoms with Gasteiger partial charge >= 0.3 is 12.3 Å². The molecule has 5 aromatic rings. The Kier molecular flexibility index (Phi) is 11.1. The Hall–Kier alpha value is -6.76. The monoisotopic (exact) mass is 791 g/mol. The van der Waals surface area contributed by atoms with E-state index in [0.717, 1.165) is 38.4 Å². The third-order valence-electron chi connectivity index (χ3n) is 8.67. The molecule has 1 atom stereocenters. The van der Waals surface area contributed by atoms with E-state index < -0.39 is 64.1 Å². The lowest BCUT2D eigenvalue weighted by Gasteiger charge is -2.24. The quantitative estimate of drug-likeness (QED) is 0.0655. The second-order valence-electron chi connectivity index (χ2n) is 12.5. The van der Waals surface area contributed by atoms with Crippen molar-refractivity contribution in [1.29, 1.82) is 0 Å². The first-order valence-electron chi connectivity index (χ1n) is 16.7. The number of rotatable bonds is 13.